The molecule has 1 fully saturated rings. The fraction of sp³-hybridized carbons (Fsp3) is 0.600. The normalized spacial score (nSPS) is 23.9. The highest BCUT2D eigenvalue weighted by molar-refractivity contribution is 8.00. The smallest absolute Gasteiger partial charge is 0.353 e. The number of nitrogens with zero attached hydrogens (tertiary/aromatic N) is 2. The number of aromatic nitrogens is 2. The predicted octanol–water partition coefficient (Wildman–Crippen LogP) is 0.222. The summed E-state index contributed by atoms with van der Waals surface area (Å²) < 4.78 is 12.0. The van der Waals surface area contributed by atoms with Crippen molar-refractivity contribution in [1.82, 2.24) is 9.55 Å². The SMILES string of the molecule is CCOc1ccn([C@@H]2CS[C@@H](CO)O2)c(=O)n1. The van der Waals surface area contributed by atoms with Gasteiger partial charge in [0, 0.05) is 18.0 Å². The largest absolute Gasteiger partial charge is 0.478 e. The first-order chi connectivity index (χ1) is 8.24. The van der Waals surface area contributed by atoms with E-state index in [1.165, 1.54) is 16.3 Å². The summed E-state index contributed by atoms with van der Waals surface area (Å²) in [6, 6.07) is 1.63. The molecule has 0 radical (unpaired) electrons. The summed E-state index contributed by atoms with van der Waals surface area (Å²) in [6.07, 6.45) is 1.23. The minimum absolute atomic E-state index is 0.0552. The van der Waals surface area contributed by atoms with Crippen molar-refractivity contribution in [3.63, 3.8) is 0 Å². The number of hydrogen-bond acceptors (Lipinski definition) is 6. The average Bonchev–Trinajstić information content (AvgIpc) is 2.78. The van der Waals surface area contributed by atoms with Crippen LogP contribution in [-0.4, -0.2) is 39.1 Å². The molecule has 1 N–H and O–H groups in total. The van der Waals surface area contributed by atoms with Crippen LogP contribution in [0.4, 0.5) is 0 Å². The maximum atomic E-state index is 11.7. The summed E-state index contributed by atoms with van der Waals surface area (Å²) in [6.45, 7) is 2.25. The van der Waals surface area contributed by atoms with E-state index in [0.717, 1.165) is 0 Å². The predicted molar refractivity (Wildman–Crippen MR) is 63.1 cm³/mol. The van der Waals surface area contributed by atoms with Gasteiger partial charge < -0.3 is 14.6 Å². The van der Waals surface area contributed by atoms with Crippen LogP contribution in [0.5, 0.6) is 5.88 Å². The van der Waals surface area contributed by atoms with Crippen LogP contribution >= 0.6 is 11.8 Å². The summed E-state index contributed by atoms with van der Waals surface area (Å²) in [5.74, 6) is 0.943. The van der Waals surface area contributed by atoms with Crippen molar-refractivity contribution in [2.75, 3.05) is 19.0 Å². The average molecular weight is 258 g/mol. The third-order valence-corrected chi connectivity index (χ3v) is 3.40. The van der Waals surface area contributed by atoms with Crippen LogP contribution in [0.1, 0.15) is 13.2 Å². The van der Waals surface area contributed by atoms with E-state index in [2.05, 4.69) is 4.98 Å². The van der Waals surface area contributed by atoms with Crippen LogP contribution in [0, 0.1) is 0 Å². The Bertz CT molecular complexity index is 437. The molecule has 2 heterocycles. The van der Waals surface area contributed by atoms with Crippen molar-refractivity contribution >= 4 is 11.8 Å². The van der Waals surface area contributed by atoms with Gasteiger partial charge in [-0.05, 0) is 6.92 Å². The molecule has 1 aromatic rings. The number of rotatable bonds is 4. The maximum absolute atomic E-state index is 11.7. The standard InChI is InChI=1S/C10H14N2O4S/c1-2-15-7-3-4-12(10(14)11-7)8-6-17-9(5-13)16-8/h3-4,8-9,13H,2,5-6H2,1H3/t8-,9-/m0/s1. The Hall–Kier alpha value is -1.05. The lowest BCUT2D eigenvalue weighted by Crippen LogP contribution is -2.28. The molecule has 0 spiro atoms. The van der Waals surface area contributed by atoms with Crippen molar-refractivity contribution in [2.24, 2.45) is 0 Å². The number of aliphatic hydroxyl groups excluding tert-OH is 1. The lowest BCUT2D eigenvalue weighted by atomic mass is 10.5. The fourth-order valence-electron chi connectivity index (χ4n) is 1.53. The van der Waals surface area contributed by atoms with Crippen LogP contribution < -0.4 is 10.4 Å². The quantitative estimate of drug-likeness (QED) is 0.833. The van der Waals surface area contributed by atoms with Crippen molar-refractivity contribution in [3.05, 3.63) is 22.7 Å². The second kappa shape index (κ2) is 5.52. The molecule has 0 aliphatic carbocycles. The molecule has 0 aromatic carbocycles. The third-order valence-electron chi connectivity index (χ3n) is 2.29. The zero-order valence-electron chi connectivity index (χ0n) is 9.41. The minimum Gasteiger partial charge on any atom is -0.478 e. The van der Waals surface area contributed by atoms with Crippen LogP contribution in [0.3, 0.4) is 0 Å². The first-order valence-corrected chi connectivity index (χ1v) is 6.39. The zero-order valence-corrected chi connectivity index (χ0v) is 10.2. The molecule has 1 saturated heterocycles. The number of thioether (sulfide) groups is 1. The molecule has 7 heteroatoms. The Balaban J connectivity index is 2.14. The van der Waals surface area contributed by atoms with Crippen molar-refractivity contribution in [1.29, 1.82) is 0 Å². The molecule has 2 rings (SSSR count). The molecule has 0 saturated carbocycles. The van der Waals surface area contributed by atoms with Crippen molar-refractivity contribution < 1.29 is 14.6 Å². The first-order valence-electron chi connectivity index (χ1n) is 5.34. The van der Waals surface area contributed by atoms with Gasteiger partial charge in [-0.2, -0.15) is 4.98 Å². The van der Waals surface area contributed by atoms with E-state index in [1.807, 2.05) is 6.92 Å². The van der Waals surface area contributed by atoms with Crippen LogP contribution in [0.25, 0.3) is 0 Å². The summed E-state index contributed by atoms with van der Waals surface area (Å²) >= 11 is 1.48. The Morgan fingerprint density at radius 1 is 1.76 bits per heavy atom. The van der Waals surface area contributed by atoms with E-state index < -0.39 is 5.69 Å². The lowest BCUT2D eigenvalue weighted by Gasteiger charge is -2.13. The van der Waals surface area contributed by atoms with Gasteiger partial charge in [0.1, 0.15) is 11.7 Å². The molecule has 1 aromatic heterocycles. The van der Waals surface area contributed by atoms with Gasteiger partial charge in [0.05, 0.1) is 13.2 Å². The molecule has 0 bridgehead atoms. The van der Waals surface area contributed by atoms with Crippen LogP contribution in [0.2, 0.25) is 0 Å². The third kappa shape index (κ3) is 2.80. The summed E-state index contributed by atoms with van der Waals surface area (Å²) in [5.41, 5.74) is -0.668. The van der Waals surface area contributed by atoms with E-state index in [9.17, 15) is 4.79 Å². The Morgan fingerprint density at radius 3 is 3.18 bits per heavy atom. The molecule has 17 heavy (non-hydrogen) atoms. The number of aliphatic hydroxyl groups is 1. The highest BCUT2D eigenvalue weighted by atomic mass is 32.2. The second-order valence-corrected chi connectivity index (χ2v) is 4.62. The molecule has 0 unspecified atom stereocenters. The van der Waals surface area contributed by atoms with Gasteiger partial charge in [-0.25, -0.2) is 4.79 Å². The van der Waals surface area contributed by atoms with Gasteiger partial charge in [0.15, 0.2) is 0 Å². The zero-order chi connectivity index (χ0) is 12.3. The molecular formula is C10H14N2O4S. The number of ether oxygens (including phenoxy) is 2. The topological polar surface area (TPSA) is 73.6 Å². The number of hydrogen-bond donors (Lipinski definition) is 1. The van der Waals surface area contributed by atoms with Gasteiger partial charge in [0.25, 0.3) is 0 Å². The van der Waals surface area contributed by atoms with Gasteiger partial charge in [-0.15, -0.1) is 11.8 Å². The maximum Gasteiger partial charge on any atom is 0.353 e. The molecule has 94 valence electrons. The van der Waals surface area contributed by atoms with E-state index in [4.69, 9.17) is 14.6 Å². The summed E-state index contributed by atoms with van der Waals surface area (Å²) in [4.78, 5) is 15.5. The lowest BCUT2D eigenvalue weighted by molar-refractivity contribution is -0.00650. The van der Waals surface area contributed by atoms with Gasteiger partial charge in [0.2, 0.25) is 5.88 Å². The Kier molecular flexibility index (Phi) is 4.03. The molecule has 1 aliphatic rings. The van der Waals surface area contributed by atoms with Gasteiger partial charge in [-0.3, -0.25) is 4.57 Å². The van der Waals surface area contributed by atoms with E-state index >= 15 is 0 Å². The molecule has 1 aliphatic heterocycles. The highest BCUT2D eigenvalue weighted by Crippen LogP contribution is 2.30. The van der Waals surface area contributed by atoms with Crippen molar-refractivity contribution in [3.8, 4) is 5.88 Å². The first kappa shape index (κ1) is 12.4. The minimum atomic E-state index is -0.403. The fourth-order valence-corrected chi connectivity index (χ4v) is 2.46. The monoisotopic (exact) mass is 258 g/mol. The Labute approximate surface area is 103 Å². The van der Waals surface area contributed by atoms with Crippen molar-refractivity contribution in [2.45, 2.75) is 18.6 Å². The molecular weight excluding hydrogens is 244 g/mol. The van der Waals surface area contributed by atoms with E-state index in [0.29, 0.717) is 18.2 Å². The van der Waals surface area contributed by atoms with Gasteiger partial charge >= 0.3 is 5.69 Å². The highest BCUT2D eigenvalue weighted by Gasteiger charge is 2.27. The summed E-state index contributed by atoms with van der Waals surface area (Å²) in [7, 11) is 0. The van der Waals surface area contributed by atoms with E-state index in [-0.39, 0.29) is 18.3 Å². The Morgan fingerprint density at radius 2 is 2.59 bits per heavy atom. The molecule has 0 amide bonds. The molecule has 2 atom stereocenters. The second-order valence-electron chi connectivity index (χ2n) is 3.42. The van der Waals surface area contributed by atoms with E-state index in [1.54, 1.807) is 12.3 Å². The van der Waals surface area contributed by atoms with Gasteiger partial charge in [-0.1, -0.05) is 0 Å². The van der Waals surface area contributed by atoms with Crippen LogP contribution in [-0.2, 0) is 4.74 Å². The molecule has 6 nitrogen and oxygen atoms in total. The van der Waals surface area contributed by atoms with Crippen LogP contribution in [0.15, 0.2) is 17.1 Å². The summed E-state index contributed by atoms with van der Waals surface area (Å²) in [5, 5.41) is 8.95.